The lowest BCUT2D eigenvalue weighted by Gasteiger charge is -2.33. The van der Waals surface area contributed by atoms with E-state index in [0.717, 1.165) is 5.75 Å². The van der Waals surface area contributed by atoms with Crippen molar-refractivity contribution in [2.75, 3.05) is 0 Å². The molecule has 0 bridgehead atoms. The molecule has 0 amide bonds. The summed E-state index contributed by atoms with van der Waals surface area (Å²) >= 11 is 5.56. The second kappa shape index (κ2) is 7.17. The van der Waals surface area contributed by atoms with Crippen molar-refractivity contribution in [3.8, 4) is 5.75 Å². The molecule has 0 heterocycles. The summed E-state index contributed by atoms with van der Waals surface area (Å²) in [4.78, 5) is 0. The lowest BCUT2D eigenvalue weighted by molar-refractivity contribution is 0.270. The first-order chi connectivity index (χ1) is 8.06. The predicted molar refractivity (Wildman–Crippen MR) is 73.0 cm³/mol. The zero-order valence-corrected chi connectivity index (χ0v) is 12.3. The van der Waals surface area contributed by atoms with E-state index >= 15 is 0 Å². The number of hydrogen-bond acceptors (Lipinski definition) is 3. The molecule has 0 saturated carbocycles. The minimum atomic E-state index is -1.28. The number of halogens is 1. The first-order valence-electron chi connectivity index (χ1n) is 5.66. The molecular weight excluding hydrogens is 257 g/mol. The first-order valence-corrected chi connectivity index (χ1v) is 7.10. The average molecular weight is 276 g/mol. The van der Waals surface area contributed by atoms with Crippen molar-refractivity contribution in [2.24, 2.45) is 0 Å². The Balaban J connectivity index is 2.76. The Morgan fingerprint density at radius 2 is 1.59 bits per heavy atom. The average Bonchev–Trinajstić information content (AvgIpc) is 2.28. The molecule has 0 aliphatic carbocycles. The second-order valence-electron chi connectivity index (χ2n) is 4.28. The topological polar surface area (TPSA) is 21.7 Å². The summed E-state index contributed by atoms with van der Waals surface area (Å²) in [7, 11) is -1.28. The quantitative estimate of drug-likeness (QED) is 0.709. The van der Waals surface area contributed by atoms with Crippen molar-refractivity contribution in [1.29, 1.82) is 0 Å². The van der Waals surface area contributed by atoms with Crippen molar-refractivity contribution in [3.05, 3.63) is 30.3 Å². The number of para-hydroxylation sites is 1. The Kier molecular flexibility index (Phi) is 6.21. The standard InChI is InChI=1S/C12H19ClNO2P/c1-10(2)14(11(3)4)17(16-13)15-12-8-6-5-7-9-12/h5-11H,1-4H3. The molecule has 0 aromatic heterocycles. The van der Waals surface area contributed by atoms with E-state index in [9.17, 15) is 0 Å². The van der Waals surface area contributed by atoms with E-state index in [4.69, 9.17) is 20.5 Å². The van der Waals surface area contributed by atoms with E-state index in [0.29, 0.717) is 12.1 Å². The molecule has 17 heavy (non-hydrogen) atoms. The summed E-state index contributed by atoms with van der Waals surface area (Å²) in [5, 5.41) is 0. The van der Waals surface area contributed by atoms with Crippen molar-refractivity contribution in [3.63, 3.8) is 0 Å². The number of benzene rings is 1. The highest BCUT2D eigenvalue weighted by Gasteiger charge is 2.28. The van der Waals surface area contributed by atoms with Gasteiger partial charge >= 0.3 is 8.53 Å². The molecule has 0 radical (unpaired) electrons. The smallest absolute Gasteiger partial charge is 0.339 e. The van der Waals surface area contributed by atoms with Gasteiger partial charge in [-0.1, -0.05) is 18.2 Å². The molecule has 0 saturated heterocycles. The Labute approximate surface area is 110 Å². The van der Waals surface area contributed by atoms with E-state index in [-0.39, 0.29) is 0 Å². The van der Waals surface area contributed by atoms with Crippen LogP contribution in [0.2, 0.25) is 0 Å². The predicted octanol–water partition coefficient (Wildman–Crippen LogP) is 4.58. The summed E-state index contributed by atoms with van der Waals surface area (Å²) in [6.45, 7) is 8.39. The molecule has 0 spiro atoms. The van der Waals surface area contributed by atoms with Crippen LogP contribution in [0, 0.1) is 0 Å². The van der Waals surface area contributed by atoms with Gasteiger partial charge in [0.05, 0.1) is 11.9 Å². The van der Waals surface area contributed by atoms with Gasteiger partial charge in [-0.15, -0.1) is 0 Å². The first kappa shape index (κ1) is 14.7. The maximum Gasteiger partial charge on any atom is 0.339 e. The van der Waals surface area contributed by atoms with Crippen LogP contribution < -0.4 is 4.52 Å². The van der Waals surface area contributed by atoms with E-state index in [1.165, 1.54) is 0 Å². The molecule has 1 aromatic carbocycles. The Morgan fingerprint density at radius 1 is 1.06 bits per heavy atom. The number of hydrogen-bond donors (Lipinski definition) is 0. The van der Waals surface area contributed by atoms with Crippen molar-refractivity contribution >= 4 is 20.4 Å². The van der Waals surface area contributed by atoms with Gasteiger partial charge in [0, 0.05) is 12.1 Å². The van der Waals surface area contributed by atoms with Crippen molar-refractivity contribution in [1.82, 2.24) is 4.67 Å². The maximum atomic E-state index is 5.78. The Hall–Kier alpha value is -0.340. The summed E-state index contributed by atoms with van der Waals surface area (Å²) in [5.74, 6) is 0.769. The lowest BCUT2D eigenvalue weighted by atomic mass is 10.3. The van der Waals surface area contributed by atoms with Crippen molar-refractivity contribution < 1.29 is 8.60 Å². The molecule has 1 atom stereocenters. The van der Waals surface area contributed by atoms with Crippen LogP contribution in [-0.2, 0) is 4.08 Å². The van der Waals surface area contributed by atoms with Crippen molar-refractivity contribution in [2.45, 2.75) is 39.8 Å². The molecule has 0 N–H and O–H groups in total. The monoisotopic (exact) mass is 275 g/mol. The van der Waals surface area contributed by atoms with Gasteiger partial charge in [0.15, 0.2) is 0 Å². The number of nitrogens with zero attached hydrogens (tertiary/aromatic N) is 1. The van der Waals surface area contributed by atoms with Crippen LogP contribution in [0.4, 0.5) is 0 Å². The van der Waals surface area contributed by atoms with Gasteiger partial charge in [0.2, 0.25) is 0 Å². The van der Waals surface area contributed by atoms with E-state index in [1.807, 2.05) is 30.3 Å². The number of rotatable bonds is 6. The maximum absolute atomic E-state index is 5.78. The Morgan fingerprint density at radius 3 is 2.00 bits per heavy atom. The molecule has 1 aromatic rings. The zero-order chi connectivity index (χ0) is 12.8. The third-order valence-corrected chi connectivity index (χ3v) is 4.37. The van der Waals surface area contributed by atoms with Gasteiger partial charge in [-0.3, -0.25) is 0 Å². The van der Waals surface area contributed by atoms with Crippen LogP contribution in [-0.4, -0.2) is 16.8 Å². The third kappa shape index (κ3) is 4.44. The van der Waals surface area contributed by atoms with Gasteiger partial charge in [0.1, 0.15) is 5.75 Å². The van der Waals surface area contributed by atoms with E-state index in [1.54, 1.807) is 0 Å². The molecule has 1 unspecified atom stereocenters. The van der Waals surface area contributed by atoms with Crippen LogP contribution in [0.5, 0.6) is 5.75 Å². The van der Waals surface area contributed by atoms with Gasteiger partial charge in [-0.2, -0.15) is 4.08 Å². The lowest BCUT2D eigenvalue weighted by Crippen LogP contribution is -2.33. The molecule has 5 heteroatoms. The molecule has 0 aliphatic rings. The molecule has 1 rings (SSSR count). The molecule has 0 fully saturated rings. The fourth-order valence-electron chi connectivity index (χ4n) is 1.64. The summed E-state index contributed by atoms with van der Waals surface area (Å²) in [6, 6.07) is 10.2. The van der Waals surface area contributed by atoms with E-state index in [2.05, 4.69) is 32.4 Å². The fourth-order valence-corrected chi connectivity index (χ4v) is 3.19. The minimum absolute atomic E-state index is 0.309. The van der Waals surface area contributed by atoms with Gasteiger partial charge in [0.25, 0.3) is 0 Å². The van der Waals surface area contributed by atoms with Crippen LogP contribution in [0.15, 0.2) is 30.3 Å². The van der Waals surface area contributed by atoms with Crippen LogP contribution >= 0.6 is 20.4 Å². The van der Waals surface area contributed by atoms with Gasteiger partial charge < -0.3 is 4.52 Å². The Bertz CT molecular complexity index is 314. The normalized spacial score (nSPS) is 13.4. The zero-order valence-electron chi connectivity index (χ0n) is 10.6. The van der Waals surface area contributed by atoms with E-state index < -0.39 is 8.53 Å². The highest BCUT2D eigenvalue weighted by molar-refractivity contribution is 7.46. The fraction of sp³-hybridized carbons (Fsp3) is 0.500. The third-order valence-electron chi connectivity index (χ3n) is 2.23. The SMILES string of the molecule is CC(C)N(C(C)C)P(OCl)Oc1ccccc1. The highest BCUT2D eigenvalue weighted by atomic mass is 35.5. The molecular formula is C12H19ClNO2P. The van der Waals surface area contributed by atoms with Gasteiger partial charge in [-0.25, -0.2) is 4.67 Å². The molecule has 0 aliphatic heterocycles. The van der Waals surface area contributed by atoms with Crippen LogP contribution in [0.25, 0.3) is 0 Å². The summed E-state index contributed by atoms with van der Waals surface area (Å²) in [6.07, 6.45) is 0. The van der Waals surface area contributed by atoms with Crippen LogP contribution in [0.3, 0.4) is 0 Å². The van der Waals surface area contributed by atoms with Crippen LogP contribution in [0.1, 0.15) is 27.7 Å². The second-order valence-corrected chi connectivity index (χ2v) is 5.95. The largest absolute Gasteiger partial charge is 0.435 e. The summed E-state index contributed by atoms with van der Waals surface area (Å²) < 4.78 is 12.9. The summed E-state index contributed by atoms with van der Waals surface area (Å²) in [5.41, 5.74) is 0. The van der Waals surface area contributed by atoms with Gasteiger partial charge in [-0.05, 0) is 39.8 Å². The minimum Gasteiger partial charge on any atom is -0.435 e. The highest BCUT2D eigenvalue weighted by Crippen LogP contribution is 2.47. The molecule has 3 nitrogen and oxygen atoms in total. The molecule has 96 valence electrons.